The molecular weight excluding hydrogens is 188 g/mol. The molecule has 86 valence electrons. The molecule has 1 saturated carbocycles. The van der Waals surface area contributed by atoms with E-state index in [4.69, 9.17) is 0 Å². The molecule has 0 radical (unpaired) electrons. The summed E-state index contributed by atoms with van der Waals surface area (Å²) in [4.78, 5) is 14.1. The zero-order valence-corrected chi connectivity index (χ0v) is 9.99. The van der Waals surface area contributed by atoms with Gasteiger partial charge in [-0.15, -0.1) is 0 Å². The Morgan fingerprint density at radius 1 is 1.33 bits per heavy atom. The second-order valence-electron chi connectivity index (χ2n) is 5.26. The van der Waals surface area contributed by atoms with Gasteiger partial charge in [0.1, 0.15) is 0 Å². The second-order valence-corrected chi connectivity index (χ2v) is 5.26. The zero-order chi connectivity index (χ0) is 11.0. The van der Waals surface area contributed by atoms with Gasteiger partial charge in [0.05, 0.1) is 0 Å². The summed E-state index contributed by atoms with van der Waals surface area (Å²) in [6.45, 7) is 6.29. The molecule has 2 aliphatic rings. The van der Waals surface area contributed by atoms with Crippen molar-refractivity contribution < 1.29 is 4.79 Å². The molecule has 1 saturated heterocycles. The summed E-state index contributed by atoms with van der Waals surface area (Å²) in [5.74, 6) is 1.98. The van der Waals surface area contributed by atoms with Crippen LogP contribution in [-0.4, -0.2) is 37.0 Å². The number of rotatable bonds is 2. The molecule has 1 amide bonds. The lowest BCUT2D eigenvalue weighted by atomic mass is 9.94. The predicted molar refractivity (Wildman–Crippen MR) is 60.5 cm³/mol. The van der Waals surface area contributed by atoms with Crippen molar-refractivity contribution in [1.29, 1.82) is 0 Å². The third kappa shape index (κ3) is 2.17. The fourth-order valence-corrected chi connectivity index (χ4v) is 2.68. The molecule has 0 bridgehead atoms. The molecule has 4 atom stereocenters. The van der Waals surface area contributed by atoms with Crippen LogP contribution < -0.4 is 5.32 Å². The number of nitrogens with zero attached hydrogens (tertiary/aromatic N) is 1. The topological polar surface area (TPSA) is 32.3 Å². The first-order valence-electron chi connectivity index (χ1n) is 6.09. The van der Waals surface area contributed by atoms with Crippen LogP contribution in [0.25, 0.3) is 0 Å². The van der Waals surface area contributed by atoms with Gasteiger partial charge in [-0.3, -0.25) is 4.79 Å². The minimum Gasteiger partial charge on any atom is -0.342 e. The molecule has 1 aliphatic carbocycles. The monoisotopic (exact) mass is 210 g/mol. The number of nitrogens with one attached hydrogen (secondary N) is 1. The Labute approximate surface area is 92.2 Å². The molecule has 0 aromatic heterocycles. The molecule has 2 rings (SSSR count). The highest BCUT2D eigenvalue weighted by Gasteiger charge is 2.42. The normalized spacial score (nSPS) is 40.3. The van der Waals surface area contributed by atoms with Gasteiger partial charge in [0.15, 0.2) is 0 Å². The molecule has 0 aromatic carbocycles. The van der Waals surface area contributed by atoms with E-state index in [1.165, 1.54) is 0 Å². The number of piperidine rings is 1. The summed E-state index contributed by atoms with van der Waals surface area (Å²) < 4.78 is 0. The average Bonchev–Trinajstić information content (AvgIpc) is 2.94. The van der Waals surface area contributed by atoms with Crippen LogP contribution in [0.4, 0.5) is 0 Å². The van der Waals surface area contributed by atoms with Crippen LogP contribution in [0.2, 0.25) is 0 Å². The standard InChI is InChI=1S/C12H22N2O/c1-8-6-10(8)12(15)14-5-4-11(13-3)9(2)7-14/h8-11,13H,4-7H2,1-3H3. The smallest absolute Gasteiger partial charge is 0.225 e. The molecule has 15 heavy (non-hydrogen) atoms. The molecule has 1 N–H and O–H groups in total. The van der Waals surface area contributed by atoms with Crippen LogP contribution >= 0.6 is 0 Å². The number of amides is 1. The van der Waals surface area contributed by atoms with Crippen molar-refractivity contribution in [2.45, 2.75) is 32.7 Å². The Balaban J connectivity index is 1.88. The van der Waals surface area contributed by atoms with E-state index in [1.54, 1.807) is 0 Å². The summed E-state index contributed by atoms with van der Waals surface area (Å²) in [6, 6.07) is 0.589. The van der Waals surface area contributed by atoms with E-state index in [9.17, 15) is 4.79 Å². The van der Waals surface area contributed by atoms with E-state index in [1.807, 2.05) is 7.05 Å². The van der Waals surface area contributed by atoms with Crippen LogP contribution in [0.15, 0.2) is 0 Å². The summed E-state index contributed by atoms with van der Waals surface area (Å²) >= 11 is 0. The number of hydrogen-bond donors (Lipinski definition) is 1. The zero-order valence-electron chi connectivity index (χ0n) is 9.99. The van der Waals surface area contributed by atoms with Gasteiger partial charge in [-0.2, -0.15) is 0 Å². The molecule has 0 aromatic rings. The Morgan fingerprint density at radius 3 is 2.47 bits per heavy atom. The highest BCUT2D eigenvalue weighted by Crippen LogP contribution is 2.39. The fourth-order valence-electron chi connectivity index (χ4n) is 2.68. The van der Waals surface area contributed by atoms with Gasteiger partial charge in [-0.05, 0) is 31.7 Å². The first-order chi connectivity index (χ1) is 7.13. The number of carbonyl (C=O) groups excluding carboxylic acids is 1. The van der Waals surface area contributed by atoms with Crippen molar-refractivity contribution in [2.24, 2.45) is 17.8 Å². The average molecular weight is 210 g/mol. The van der Waals surface area contributed by atoms with Gasteiger partial charge >= 0.3 is 0 Å². The van der Waals surface area contributed by atoms with Crippen LogP contribution in [-0.2, 0) is 4.79 Å². The fraction of sp³-hybridized carbons (Fsp3) is 0.917. The number of likely N-dealkylation sites (tertiary alicyclic amines) is 1. The van der Waals surface area contributed by atoms with Gasteiger partial charge in [0.25, 0.3) is 0 Å². The summed E-state index contributed by atoms with van der Waals surface area (Å²) in [7, 11) is 2.02. The molecule has 3 heteroatoms. The molecule has 2 fully saturated rings. The van der Waals surface area contributed by atoms with Crippen molar-refractivity contribution in [2.75, 3.05) is 20.1 Å². The van der Waals surface area contributed by atoms with Crippen molar-refractivity contribution in [3.8, 4) is 0 Å². The van der Waals surface area contributed by atoms with Gasteiger partial charge in [0, 0.05) is 25.0 Å². The van der Waals surface area contributed by atoms with E-state index in [0.29, 0.717) is 29.7 Å². The maximum Gasteiger partial charge on any atom is 0.225 e. The van der Waals surface area contributed by atoms with Crippen LogP contribution in [0.3, 0.4) is 0 Å². The molecule has 1 heterocycles. The van der Waals surface area contributed by atoms with Gasteiger partial charge in [-0.25, -0.2) is 0 Å². The van der Waals surface area contributed by atoms with Gasteiger partial charge in [0.2, 0.25) is 5.91 Å². The van der Waals surface area contributed by atoms with Crippen molar-refractivity contribution in [3.63, 3.8) is 0 Å². The SMILES string of the molecule is CNC1CCN(C(=O)C2CC2C)CC1C. The van der Waals surface area contributed by atoms with Crippen LogP contribution in [0.5, 0.6) is 0 Å². The quantitative estimate of drug-likeness (QED) is 0.740. The van der Waals surface area contributed by atoms with Crippen molar-refractivity contribution in [1.82, 2.24) is 10.2 Å². The molecule has 0 spiro atoms. The third-order valence-electron chi connectivity index (χ3n) is 4.01. The third-order valence-corrected chi connectivity index (χ3v) is 4.01. The maximum absolute atomic E-state index is 12.0. The highest BCUT2D eigenvalue weighted by atomic mass is 16.2. The van der Waals surface area contributed by atoms with Crippen molar-refractivity contribution >= 4 is 5.91 Å². The lowest BCUT2D eigenvalue weighted by molar-refractivity contribution is -0.134. The molecular formula is C12H22N2O. The lowest BCUT2D eigenvalue weighted by Crippen LogP contribution is -2.49. The minimum atomic E-state index is 0.350. The van der Waals surface area contributed by atoms with Crippen LogP contribution in [0.1, 0.15) is 26.7 Å². The van der Waals surface area contributed by atoms with E-state index in [-0.39, 0.29) is 0 Å². The summed E-state index contributed by atoms with van der Waals surface area (Å²) in [6.07, 6.45) is 2.21. The van der Waals surface area contributed by atoms with Gasteiger partial charge in [-0.1, -0.05) is 13.8 Å². The highest BCUT2D eigenvalue weighted by molar-refractivity contribution is 5.81. The van der Waals surface area contributed by atoms with Crippen LogP contribution in [0, 0.1) is 17.8 Å². The number of carbonyl (C=O) groups is 1. The first-order valence-corrected chi connectivity index (χ1v) is 6.09. The minimum absolute atomic E-state index is 0.350. The summed E-state index contributed by atoms with van der Waals surface area (Å²) in [5.41, 5.74) is 0. The predicted octanol–water partition coefficient (Wildman–Crippen LogP) is 1.10. The largest absolute Gasteiger partial charge is 0.342 e. The maximum atomic E-state index is 12.0. The second kappa shape index (κ2) is 4.12. The summed E-state index contributed by atoms with van der Waals surface area (Å²) in [5, 5.41) is 3.33. The molecule has 4 unspecified atom stereocenters. The molecule has 3 nitrogen and oxygen atoms in total. The first kappa shape index (κ1) is 10.9. The van der Waals surface area contributed by atoms with E-state index < -0.39 is 0 Å². The Hall–Kier alpha value is -0.570. The lowest BCUT2D eigenvalue weighted by Gasteiger charge is -2.37. The van der Waals surface area contributed by atoms with E-state index in [2.05, 4.69) is 24.1 Å². The Bertz CT molecular complexity index is 254. The molecule has 1 aliphatic heterocycles. The van der Waals surface area contributed by atoms with E-state index in [0.717, 1.165) is 25.9 Å². The van der Waals surface area contributed by atoms with E-state index >= 15 is 0 Å². The van der Waals surface area contributed by atoms with Crippen molar-refractivity contribution in [3.05, 3.63) is 0 Å². The Morgan fingerprint density at radius 2 is 2.00 bits per heavy atom. The Kier molecular flexibility index (Phi) is 3.01. The number of hydrogen-bond acceptors (Lipinski definition) is 2. The van der Waals surface area contributed by atoms with Gasteiger partial charge < -0.3 is 10.2 Å².